The maximum absolute atomic E-state index is 14.0. The molecule has 1 aliphatic rings. The van der Waals surface area contributed by atoms with Crippen molar-refractivity contribution in [2.24, 2.45) is 0 Å². The van der Waals surface area contributed by atoms with E-state index in [2.05, 4.69) is 9.97 Å². The van der Waals surface area contributed by atoms with E-state index < -0.39 is 18.0 Å². The lowest BCUT2D eigenvalue weighted by Crippen LogP contribution is -2.45. The van der Waals surface area contributed by atoms with Crippen LogP contribution in [0.3, 0.4) is 0 Å². The summed E-state index contributed by atoms with van der Waals surface area (Å²) in [5.41, 5.74) is 0.725. The zero-order valence-electron chi connectivity index (χ0n) is 14.7. The van der Waals surface area contributed by atoms with Crippen molar-refractivity contribution in [2.75, 3.05) is 18.0 Å². The van der Waals surface area contributed by atoms with Crippen LogP contribution < -0.4 is 10.5 Å². The number of nitrogens with zero attached hydrogens (tertiary/aromatic N) is 5. The first-order chi connectivity index (χ1) is 12.9. The number of aryl methyl sites for hydroxylation is 1. The summed E-state index contributed by atoms with van der Waals surface area (Å²) >= 11 is 5.95. The molecule has 4 rings (SSSR count). The van der Waals surface area contributed by atoms with Crippen LogP contribution in [-0.2, 0) is 6.54 Å². The fourth-order valence-electron chi connectivity index (χ4n) is 3.39. The Morgan fingerprint density at radius 3 is 2.67 bits per heavy atom. The molecule has 2 aromatic heterocycles. The minimum atomic E-state index is -2.82. The second kappa shape index (κ2) is 6.60. The van der Waals surface area contributed by atoms with Crippen LogP contribution >= 0.6 is 11.6 Å². The van der Waals surface area contributed by atoms with Crippen LogP contribution in [0.25, 0.3) is 16.9 Å². The summed E-state index contributed by atoms with van der Waals surface area (Å²) in [6, 6.07) is 6.62. The molecule has 1 aliphatic heterocycles. The normalized spacial score (nSPS) is 16.8. The van der Waals surface area contributed by atoms with Gasteiger partial charge >= 0.3 is 0 Å². The molecule has 0 aliphatic carbocycles. The van der Waals surface area contributed by atoms with Crippen LogP contribution in [0.15, 0.2) is 35.4 Å². The third-order valence-corrected chi connectivity index (χ3v) is 4.97. The number of anilines is 1. The molecule has 142 valence electrons. The first-order valence-electron chi connectivity index (χ1n) is 8.76. The first kappa shape index (κ1) is 17.9. The molecule has 0 bridgehead atoms. The van der Waals surface area contributed by atoms with Gasteiger partial charge in [-0.1, -0.05) is 11.6 Å². The third-order valence-electron chi connectivity index (χ3n) is 4.72. The van der Waals surface area contributed by atoms with Gasteiger partial charge in [-0.3, -0.25) is 4.79 Å². The van der Waals surface area contributed by atoms with E-state index in [4.69, 9.17) is 11.6 Å². The predicted octanol–water partition coefficient (Wildman–Crippen LogP) is 3.49. The summed E-state index contributed by atoms with van der Waals surface area (Å²) in [5.74, 6) is -2.62. The summed E-state index contributed by atoms with van der Waals surface area (Å²) in [5, 5.41) is 0.516. The Bertz CT molecular complexity index is 1040. The predicted molar refractivity (Wildman–Crippen MR) is 100 cm³/mol. The first-order valence-corrected chi connectivity index (χ1v) is 9.14. The van der Waals surface area contributed by atoms with E-state index in [-0.39, 0.29) is 17.9 Å². The van der Waals surface area contributed by atoms with Gasteiger partial charge in [0.15, 0.2) is 11.2 Å². The van der Waals surface area contributed by atoms with Crippen LogP contribution in [0.1, 0.15) is 19.8 Å². The lowest BCUT2D eigenvalue weighted by atomic mass is 10.1. The van der Waals surface area contributed by atoms with E-state index in [1.165, 1.54) is 9.47 Å². The topological polar surface area (TPSA) is 56.0 Å². The Morgan fingerprint density at radius 1 is 1.26 bits per heavy atom. The standard InChI is InChI=1S/C18H18ClF2N5O/c1-2-24-11-22-14-15(24)23-17(25-9-3-8-18(20,21)10-25)26(16(14)27)13-6-4-12(19)5-7-13/h4-7,11H,2-3,8-10H2,1H3. The number of hydrogen-bond acceptors (Lipinski definition) is 4. The SMILES string of the molecule is CCn1cnc2c(=O)n(-c3ccc(Cl)cc3)c(N3CCCC(F)(F)C3)nc21. The molecule has 0 amide bonds. The highest BCUT2D eigenvalue weighted by molar-refractivity contribution is 6.30. The molecule has 1 saturated heterocycles. The highest BCUT2D eigenvalue weighted by Gasteiger charge is 2.37. The minimum absolute atomic E-state index is 0.163. The molecule has 3 aromatic rings. The van der Waals surface area contributed by atoms with Gasteiger partial charge in [0.2, 0.25) is 5.95 Å². The monoisotopic (exact) mass is 393 g/mol. The number of hydrogen-bond donors (Lipinski definition) is 0. The smallest absolute Gasteiger partial charge is 0.287 e. The number of fused-ring (bicyclic) bond motifs is 1. The van der Waals surface area contributed by atoms with Crippen LogP contribution in [0.2, 0.25) is 5.02 Å². The van der Waals surface area contributed by atoms with Crippen molar-refractivity contribution >= 4 is 28.7 Å². The molecule has 3 heterocycles. The zero-order valence-corrected chi connectivity index (χ0v) is 15.5. The van der Waals surface area contributed by atoms with E-state index in [0.29, 0.717) is 35.9 Å². The highest BCUT2D eigenvalue weighted by Crippen LogP contribution is 2.30. The van der Waals surface area contributed by atoms with E-state index >= 15 is 0 Å². The Morgan fingerprint density at radius 2 is 2.00 bits per heavy atom. The van der Waals surface area contributed by atoms with Gasteiger partial charge in [0.25, 0.3) is 11.5 Å². The highest BCUT2D eigenvalue weighted by atomic mass is 35.5. The second-order valence-electron chi connectivity index (χ2n) is 6.61. The Hall–Kier alpha value is -2.48. The van der Waals surface area contributed by atoms with Gasteiger partial charge in [-0.25, -0.2) is 18.3 Å². The lowest BCUT2D eigenvalue weighted by molar-refractivity contribution is -0.0121. The molecule has 1 aromatic carbocycles. The molecular formula is C18H18ClF2N5O. The third kappa shape index (κ3) is 3.18. The Kier molecular flexibility index (Phi) is 4.38. The van der Waals surface area contributed by atoms with Crippen molar-refractivity contribution in [3.63, 3.8) is 0 Å². The maximum Gasteiger partial charge on any atom is 0.287 e. The number of halogens is 3. The van der Waals surface area contributed by atoms with E-state index in [1.54, 1.807) is 35.2 Å². The number of piperidine rings is 1. The number of aromatic nitrogens is 4. The summed E-state index contributed by atoms with van der Waals surface area (Å²) in [6.07, 6.45) is 1.71. The summed E-state index contributed by atoms with van der Waals surface area (Å²) in [4.78, 5) is 23.4. The average Bonchev–Trinajstić information content (AvgIpc) is 3.05. The largest absolute Gasteiger partial charge is 0.336 e. The van der Waals surface area contributed by atoms with Gasteiger partial charge in [0.05, 0.1) is 18.6 Å². The van der Waals surface area contributed by atoms with Gasteiger partial charge in [0.1, 0.15) is 0 Å². The zero-order chi connectivity index (χ0) is 19.2. The fraction of sp³-hybridized carbons (Fsp3) is 0.389. The molecule has 0 N–H and O–H groups in total. The Labute approximate surface area is 159 Å². The second-order valence-corrected chi connectivity index (χ2v) is 7.05. The fourth-order valence-corrected chi connectivity index (χ4v) is 3.51. The lowest BCUT2D eigenvalue weighted by Gasteiger charge is -2.34. The number of imidazole rings is 1. The molecule has 0 spiro atoms. The molecule has 6 nitrogen and oxygen atoms in total. The molecule has 0 unspecified atom stereocenters. The Balaban J connectivity index is 1.97. The van der Waals surface area contributed by atoms with Crippen molar-refractivity contribution in [1.82, 2.24) is 19.1 Å². The maximum atomic E-state index is 14.0. The molecule has 0 radical (unpaired) electrons. The summed E-state index contributed by atoms with van der Waals surface area (Å²) in [6.45, 7) is 2.41. The molecule has 1 fully saturated rings. The van der Waals surface area contributed by atoms with Crippen LogP contribution in [-0.4, -0.2) is 38.1 Å². The van der Waals surface area contributed by atoms with Crippen LogP contribution in [0.5, 0.6) is 0 Å². The van der Waals surface area contributed by atoms with Crippen LogP contribution in [0.4, 0.5) is 14.7 Å². The van der Waals surface area contributed by atoms with Crippen molar-refractivity contribution < 1.29 is 8.78 Å². The number of alkyl halides is 2. The molecular weight excluding hydrogens is 376 g/mol. The number of rotatable bonds is 3. The van der Waals surface area contributed by atoms with Gasteiger partial charge < -0.3 is 9.47 Å². The van der Waals surface area contributed by atoms with Gasteiger partial charge in [0, 0.05) is 24.5 Å². The van der Waals surface area contributed by atoms with Gasteiger partial charge in [-0.15, -0.1) is 0 Å². The van der Waals surface area contributed by atoms with Gasteiger partial charge in [-0.05, 0) is 37.6 Å². The molecule has 9 heteroatoms. The minimum Gasteiger partial charge on any atom is -0.336 e. The molecule has 27 heavy (non-hydrogen) atoms. The van der Waals surface area contributed by atoms with Crippen LogP contribution in [0, 0.1) is 0 Å². The van der Waals surface area contributed by atoms with Crippen molar-refractivity contribution in [2.45, 2.75) is 32.2 Å². The van der Waals surface area contributed by atoms with Crippen molar-refractivity contribution in [3.05, 3.63) is 46.0 Å². The quantitative estimate of drug-likeness (QED) is 0.683. The molecule has 0 saturated carbocycles. The van der Waals surface area contributed by atoms with E-state index in [0.717, 1.165) is 0 Å². The average molecular weight is 394 g/mol. The van der Waals surface area contributed by atoms with Crippen molar-refractivity contribution in [3.8, 4) is 5.69 Å². The van der Waals surface area contributed by atoms with Crippen molar-refractivity contribution in [1.29, 1.82) is 0 Å². The van der Waals surface area contributed by atoms with Gasteiger partial charge in [-0.2, -0.15) is 4.98 Å². The van der Waals surface area contributed by atoms with E-state index in [1.807, 2.05) is 6.92 Å². The number of benzene rings is 1. The summed E-state index contributed by atoms with van der Waals surface area (Å²) < 4.78 is 31.1. The summed E-state index contributed by atoms with van der Waals surface area (Å²) in [7, 11) is 0. The van der Waals surface area contributed by atoms with E-state index in [9.17, 15) is 13.6 Å². The molecule has 0 atom stereocenters.